The molecule has 0 aliphatic rings. The van der Waals surface area contributed by atoms with Gasteiger partial charge in [0.25, 0.3) is 0 Å². The monoisotopic (exact) mass is 167 g/mol. The zero-order valence-electron chi connectivity index (χ0n) is 7.16. The lowest BCUT2D eigenvalue weighted by Crippen LogP contribution is -1.97. The van der Waals surface area contributed by atoms with Crippen LogP contribution in [0.1, 0.15) is 18.9 Å². The van der Waals surface area contributed by atoms with Crippen molar-refractivity contribution in [2.45, 2.75) is 20.0 Å². The molecule has 1 rings (SSSR count). The van der Waals surface area contributed by atoms with Crippen LogP contribution in [-0.4, -0.2) is 16.7 Å². The Morgan fingerprint density at radius 1 is 1.58 bits per heavy atom. The van der Waals surface area contributed by atoms with Gasteiger partial charge in [0.2, 0.25) is 5.88 Å². The third kappa shape index (κ3) is 2.51. The number of hydrogen-bond acceptors (Lipinski definition) is 3. The van der Waals surface area contributed by atoms with Crippen LogP contribution in [0.4, 0.5) is 0 Å². The molecule has 66 valence electrons. The maximum absolute atomic E-state index is 8.80. The summed E-state index contributed by atoms with van der Waals surface area (Å²) < 4.78 is 5.28. The summed E-state index contributed by atoms with van der Waals surface area (Å²) in [4.78, 5) is 3.99. The maximum Gasteiger partial charge on any atom is 0.213 e. The van der Waals surface area contributed by atoms with Crippen LogP contribution in [0.25, 0.3) is 0 Å². The van der Waals surface area contributed by atoms with Crippen molar-refractivity contribution in [1.82, 2.24) is 4.98 Å². The van der Waals surface area contributed by atoms with E-state index in [4.69, 9.17) is 9.84 Å². The highest BCUT2D eigenvalue weighted by atomic mass is 16.5. The second-order valence-electron chi connectivity index (χ2n) is 2.51. The summed E-state index contributed by atoms with van der Waals surface area (Å²) >= 11 is 0. The highest BCUT2D eigenvalue weighted by molar-refractivity contribution is 5.19. The predicted molar refractivity (Wildman–Crippen MR) is 45.9 cm³/mol. The highest BCUT2D eigenvalue weighted by Crippen LogP contribution is 2.08. The summed E-state index contributed by atoms with van der Waals surface area (Å²) in [5, 5.41) is 8.80. The maximum atomic E-state index is 8.80. The molecule has 1 N–H and O–H groups in total. The van der Waals surface area contributed by atoms with Gasteiger partial charge < -0.3 is 9.84 Å². The minimum absolute atomic E-state index is 0.0327. The summed E-state index contributed by atoms with van der Waals surface area (Å²) in [5.74, 6) is 0.586. The highest BCUT2D eigenvalue weighted by Gasteiger charge is 1.95. The van der Waals surface area contributed by atoms with Crippen LogP contribution in [0.3, 0.4) is 0 Å². The number of nitrogens with zero attached hydrogens (tertiary/aromatic N) is 1. The molecule has 0 radical (unpaired) electrons. The SMILES string of the molecule is CCCOc1cc(CO)ccn1. The molecule has 3 heteroatoms. The fraction of sp³-hybridized carbons (Fsp3) is 0.444. The van der Waals surface area contributed by atoms with Crippen molar-refractivity contribution in [2.24, 2.45) is 0 Å². The minimum atomic E-state index is 0.0327. The molecule has 3 nitrogen and oxygen atoms in total. The fourth-order valence-corrected chi connectivity index (χ4v) is 0.834. The molecule has 0 spiro atoms. The minimum Gasteiger partial charge on any atom is -0.478 e. The topological polar surface area (TPSA) is 42.4 Å². The van der Waals surface area contributed by atoms with Gasteiger partial charge in [-0.3, -0.25) is 0 Å². The largest absolute Gasteiger partial charge is 0.478 e. The van der Waals surface area contributed by atoms with E-state index in [1.54, 1.807) is 18.3 Å². The third-order valence-electron chi connectivity index (χ3n) is 1.44. The first-order valence-corrected chi connectivity index (χ1v) is 4.05. The van der Waals surface area contributed by atoms with Gasteiger partial charge in [0.1, 0.15) is 0 Å². The Bertz CT molecular complexity index is 238. The van der Waals surface area contributed by atoms with Crippen LogP contribution in [0.2, 0.25) is 0 Å². The first-order valence-electron chi connectivity index (χ1n) is 4.05. The lowest BCUT2D eigenvalue weighted by Gasteiger charge is -2.03. The fourth-order valence-electron chi connectivity index (χ4n) is 0.834. The first-order chi connectivity index (χ1) is 5.86. The molecule has 0 unspecified atom stereocenters. The Labute approximate surface area is 72.0 Å². The number of pyridine rings is 1. The molecule has 12 heavy (non-hydrogen) atoms. The smallest absolute Gasteiger partial charge is 0.213 e. The average Bonchev–Trinajstić information content (AvgIpc) is 2.15. The van der Waals surface area contributed by atoms with Crippen LogP contribution in [0.15, 0.2) is 18.3 Å². The van der Waals surface area contributed by atoms with E-state index in [1.807, 2.05) is 6.92 Å². The van der Waals surface area contributed by atoms with Gasteiger partial charge in [-0.2, -0.15) is 0 Å². The van der Waals surface area contributed by atoms with E-state index in [0.717, 1.165) is 12.0 Å². The molecular formula is C9H13NO2. The Balaban J connectivity index is 2.60. The molecule has 0 saturated heterocycles. The predicted octanol–water partition coefficient (Wildman–Crippen LogP) is 1.36. The number of aliphatic hydroxyl groups excluding tert-OH is 1. The second kappa shape index (κ2) is 4.72. The summed E-state index contributed by atoms with van der Waals surface area (Å²) in [6.45, 7) is 2.74. The summed E-state index contributed by atoms with van der Waals surface area (Å²) in [6.07, 6.45) is 2.60. The molecule has 1 aromatic heterocycles. The first kappa shape index (κ1) is 9.00. The molecule has 0 bridgehead atoms. The molecular weight excluding hydrogens is 154 g/mol. The molecule has 0 saturated carbocycles. The van der Waals surface area contributed by atoms with Gasteiger partial charge in [0.15, 0.2) is 0 Å². The van der Waals surface area contributed by atoms with E-state index in [-0.39, 0.29) is 6.61 Å². The summed E-state index contributed by atoms with van der Waals surface area (Å²) in [7, 11) is 0. The van der Waals surface area contributed by atoms with Crippen LogP contribution in [-0.2, 0) is 6.61 Å². The van der Waals surface area contributed by atoms with E-state index >= 15 is 0 Å². The van der Waals surface area contributed by atoms with Gasteiger partial charge >= 0.3 is 0 Å². The number of aliphatic hydroxyl groups is 1. The van der Waals surface area contributed by atoms with E-state index < -0.39 is 0 Å². The standard InChI is InChI=1S/C9H13NO2/c1-2-5-12-9-6-8(7-11)3-4-10-9/h3-4,6,11H,2,5,7H2,1H3. The molecule has 0 aliphatic heterocycles. The van der Waals surface area contributed by atoms with E-state index in [0.29, 0.717) is 12.5 Å². The quantitative estimate of drug-likeness (QED) is 0.736. The Hall–Kier alpha value is -1.09. The Kier molecular flexibility index (Phi) is 3.54. The Morgan fingerprint density at radius 2 is 2.42 bits per heavy atom. The number of aromatic nitrogens is 1. The van der Waals surface area contributed by atoms with Crippen molar-refractivity contribution in [1.29, 1.82) is 0 Å². The molecule has 1 aromatic rings. The van der Waals surface area contributed by atoms with Crippen molar-refractivity contribution in [2.75, 3.05) is 6.61 Å². The van der Waals surface area contributed by atoms with Gasteiger partial charge in [0, 0.05) is 12.3 Å². The lowest BCUT2D eigenvalue weighted by molar-refractivity contribution is 0.277. The van der Waals surface area contributed by atoms with Gasteiger partial charge in [-0.25, -0.2) is 4.98 Å². The van der Waals surface area contributed by atoms with Gasteiger partial charge in [0.05, 0.1) is 13.2 Å². The number of rotatable bonds is 4. The summed E-state index contributed by atoms with van der Waals surface area (Å²) in [6, 6.07) is 3.51. The molecule has 0 amide bonds. The normalized spacial score (nSPS) is 9.83. The lowest BCUT2D eigenvalue weighted by atomic mass is 10.3. The van der Waals surface area contributed by atoms with E-state index in [1.165, 1.54) is 0 Å². The van der Waals surface area contributed by atoms with Crippen molar-refractivity contribution in [3.05, 3.63) is 23.9 Å². The van der Waals surface area contributed by atoms with Crippen molar-refractivity contribution in [3.63, 3.8) is 0 Å². The zero-order valence-corrected chi connectivity index (χ0v) is 7.16. The average molecular weight is 167 g/mol. The molecule has 1 heterocycles. The Morgan fingerprint density at radius 3 is 3.08 bits per heavy atom. The van der Waals surface area contributed by atoms with E-state index in [2.05, 4.69) is 4.98 Å². The van der Waals surface area contributed by atoms with Crippen molar-refractivity contribution >= 4 is 0 Å². The number of ether oxygens (including phenoxy) is 1. The molecule has 0 atom stereocenters. The van der Waals surface area contributed by atoms with Gasteiger partial charge in [-0.05, 0) is 18.1 Å². The van der Waals surface area contributed by atoms with Gasteiger partial charge in [-0.15, -0.1) is 0 Å². The third-order valence-corrected chi connectivity index (χ3v) is 1.44. The van der Waals surface area contributed by atoms with Crippen LogP contribution < -0.4 is 4.74 Å². The molecule has 0 aromatic carbocycles. The molecule has 0 aliphatic carbocycles. The van der Waals surface area contributed by atoms with Gasteiger partial charge in [-0.1, -0.05) is 6.92 Å². The molecule has 0 fully saturated rings. The number of hydrogen-bond donors (Lipinski definition) is 1. The van der Waals surface area contributed by atoms with Crippen molar-refractivity contribution < 1.29 is 9.84 Å². The zero-order chi connectivity index (χ0) is 8.81. The van der Waals surface area contributed by atoms with E-state index in [9.17, 15) is 0 Å². The van der Waals surface area contributed by atoms with Crippen molar-refractivity contribution in [3.8, 4) is 5.88 Å². The van der Waals surface area contributed by atoms with Crippen LogP contribution >= 0.6 is 0 Å². The second-order valence-corrected chi connectivity index (χ2v) is 2.51. The summed E-state index contributed by atoms with van der Waals surface area (Å²) in [5.41, 5.74) is 0.830. The van der Waals surface area contributed by atoms with Crippen LogP contribution in [0, 0.1) is 0 Å². The van der Waals surface area contributed by atoms with Crippen LogP contribution in [0.5, 0.6) is 5.88 Å².